The summed E-state index contributed by atoms with van der Waals surface area (Å²) in [5, 5.41) is 12.9. The van der Waals surface area contributed by atoms with E-state index in [0.717, 1.165) is 19.6 Å². The molecule has 16 heavy (non-hydrogen) atoms. The van der Waals surface area contributed by atoms with Gasteiger partial charge in [-0.3, -0.25) is 0 Å². The second-order valence-corrected chi connectivity index (χ2v) is 4.58. The van der Waals surface area contributed by atoms with Gasteiger partial charge in [-0.05, 0) is 18.9 Å². The number of morpholine rings is 1. The highest BCUT2D eigenvalue weighted by atomic mass is 16.5. The number of aryl methyl sites for hydroxylation is 1. The number of ether oxygens (including phenoxy) is 1. The first-order chi connectivity index (χ1) is 7.74. The van der Waals surface area contributed by atoms with Crippen molar-refractivity contribution in [1.29, 1.82) is 0 Å². The molecule has 1 fully saturated rings. The molecule has 0 saturated carbocycles. The number of hydrogen-bond donors (Lipinski definition) is 2. The van der Waals surface area contributed by atoms with Gasteiger partial charge in [0, 0.05) is 6.54 Å². The molecule has 0 aliphatic carbocycles. The van der Waals surface area contributed by atoms with Crippen LogP contribution >= 0.6 is 0 Å². The first-order valence-corrected chi connectivity index (χ1v) is 5.73. The number of benzene rings is 1. The lowest BCUT2D eigenvalue weighted by Gasteiger charge is -2.36. The summed E-state index contributed by atoms with van der Waals surface area (Å²) in [5.74, 6) is 0. The number of hydrogen-bond acceptors (Lipinski definition) is 3. The normalized spacial score (nSPS) is 25.6. The smallest absolute Gasteiger partial charge is 0.0692 e. The lowest BCUT2D eigenvalue weighted by Crippen LogP contribution is -2.58. The lowest BCUT2D eigenvalue weighted by molar-refractivity contribution is -0.000723. The first-order valence-electron chi connectivity index (χ1n) is 5.73. The Labute approximate surface area is 96.4 Å². The molecule has 3 heteroatoms. The van der Waals surface area contributed by atoms with Crippen molar-refractivity contribution < 1.29 is 9.84 Å². The van der Waals surface area contributed by atoms with Crippen molar-refractivity contribution in [2.75, 3.05) is 26.4 Å². The van der Waals surface area contributed by atoms with Crippen LogP contribution in [-0.2, 0) is 11.2 Å². The minimum absolute atomic E-state index is 0.112. The van der Waals surface area contributed by atoms with E-state index in [4.69, 9.17) is 4.74 Å². The van der Waals surface area contributed by atoms with E-state index < -0.39 is 0 Å². The van der Waals surface area contributed by atoms with Gasteiger partial charge in [0.05, 0.1) is 25.4 Å². The molecular formula is C13H19NO2. The SMILES string of the molecule is Cc1cccc(CC2(CO)COCCN2)c1. The Bertz CT molecular complexity index is 346. The summed E-state index contributed by atoms with van der Waals surface area (Å²) >= 11 is 0. The number of aliphatic hydroxyl groups is 1. The standard InChI is InChI=1S/C13H19NO2/c1-11-3-2-4-12(7-11)8-13(9-15)10-16-6-5-14-13/h2-4,7,14-15H,5-6,8-10H2,1H3. The molecule has 1 aromatic rings. The highest BCUT2D eigenvalue weighted by Crippen LogP contribution is 2.17. The van der Waals surface area contributed by atoms with E-state index >= 15 is 0 Å². The van der Waals surface area contributed by atoms with Gasteiger partial charge in [0.1, 0.15) is 0 Å². The van der Waals surface area contributed by atoms with E-state index in [2.05, 4.69) is 36.5 Å². The quantitative estimate of drug-likeness (QED) is 0.796. The Morgan fingerprint density at radius 1 is 1.50 bits per heavy atom. The van der Waals surface area contributed by atoms with Crippen molar-refractivity contribution in [2.24, 2.45) is 0 Å². The van der Waals surface area contributed by atoms with Gasteiger partial charge in [-0.25, -0.2) is 0 Å². The van der Waals surface area contributed by atoms with Crippen molar-refractivity contribution in [3.8, 4) is 0 Å². The average molecular weight is 221 g/mol. The summed E-state index contributed by atoms with van der Waals surface area (Å²) in [4.78, 5) is 0. The second-order valence-electron chi connectivity index (χ2n) is 4.58. The molecule has 0 spiro atoms. The minimum Gasteiger partial charge on any atom is -0.394 e. The largest absolute Gasteiger partial charge is 0.394 e. The molecule has 0 bridgehead atoms. The van der Waals surface area contributed by atoms with Gasteiger partial charge in [0.15, 0.2) is 0 Å². The topological polar surface area (TPSA) is 41.5 Å². The van der Waals surface area contributed by atoms with Crippen LogP contribution < -0.4 is 5.32 Å². The summed E-state index contributed by atoms with van der Waals surface area (Å²) in [7, 11) is 0. The maximum absolute atomic E-state index is 9.53. The van der Waals surface area contributed by atoms with E-state index in [1.165, 1.54) is 11.1 Å². The van der Waals surface area contributed by atoms with Crippen molar-refractivity contribution in [2.45, 2.75) is 18.9 Å². The molecule has 1 atom stereocenters. The van der Waals surface area contributed by atoms with Crippen LogP contribution in [0.5, 0.6) is 0 Å². The van der Waals surface area contributed by atoms with Crippen LogP contribution in [0.25, 0.3) is 0 Å². The predicted molar refractivity (Wildman–Crippen MR) is 63.5 cm³/mol. The van der Waals surface area contributed by atoms with Crippen LogP contribution in [0.15, 0.2) is 24.3 Å². The molecule has 0 amide bonds. The zero-order valence-corrected chi connectivity index (χ0v) is 9.70. The molecule has 1 heterocycles. The van der Waals surface area contributed by atoms with Gasteiger partial charge in [0.2, 0.25) is 0 Å². The molecule has 88 valence electrons. The van der Waals surface area contributed by atoms with Gasteiger partial charge in [-0.2, -0.15) is 0 Å². The first kappa shape index (κ1) is 11.6. The summed E-state index contributed by atoms with van der Waals surface area (Å²) in [5.41, 5.74) is 2.20. The van der Waals surface area contributed by atoms with Crippen molar-refractivity contribution in [3.05, 3.63) is 35.4 Å². The molecule has 1 aromatic carbocycles. The minimum atomic E-state index is -0.300. The summed E-state index contributed by atoms with van der Waals surface area (Å²) in [6.07, 6.45) is 0.811. The fourth-order valence-electron chi connectivity index (χ4n) is 2.19. The summed E-state index contributed by atoms with van der Waals surface area (Å²) in [6.45, 7) is 4.32. The number of rotatable bonds is 3. The third-order valence-electron chi connectivity index (χ3n) is 3.05. The Hall–Kier alpha value is -0.900. The van der Waals surface area contributed by atoms with E-state index in [9.17, 15) is 5.11 Å². The van der Waals surface area contributed by atoms with Crippen LogP contribution in [0, 0.1) is 6.92 Å². The lowest BCUT2D eigenvalue weighted by atomic mass is 9.91. The molecule has 3 nitrogen and oxygen atoms in total. The Balaban J connectivity index is 2.11. The van der Waals surface area contributed by atoms with Gasteiger partial charge < -0.3 is 15.2 Å². The average Bonchev–Trinajstić information content (AvgIpc) is 2.30. The van der Waals surface area contributed by atoms with E-state index in [0.29, 0.717) is 6.61 Å². The Morgan fingerprint density at radius 3 is 3.00 bits per heavy atom. The molecule has 0 radical (unpaired) electrons. The van der Waals surface area contributed by atoms with Crippen molar-refractivity contribution >= 4 is 0 Å². The van der Waals surface area contributed by atoms with Crippen LogP contribution in [0.4, 0.5) is 0 Å². The molecule has 1 aliphatic rings. The van der Waals surface area contributed by atoms with E-state index in [-0.39, 0.29) is 12.1 Å². The van der Waals surface area contributed by atoms with Gasteiger partial charge in [-0.15, -0.1) is 0 Å². The Kier molecular flexibility index (Phi) is 3.59. The monoisotopic (exact) mass is 221 g/mol. The van der Waals surface area contributed by atoms with E-state index in [1.54, 1.807) is 0 Å². The molecule has 2 N–H and O–H groups in total. The highest BCUT2D eigenvalue weighted by Gasteiger charge is 2.31. The maximum Gasteiger partial charge on any atom is 0.0692 e. The number of aliphatic hydroxyl groups excluding tert-OH is 1. The van der Waals surface area contributed by atoms with Crippen LogP contribution in [0.2, 0.25) is 0 Å². The van der Waals surface area contributed by atoms with Crippen LogP contribution in [-0.4, -0.2) is 37.0 Å². The van der Waals surface area contributed by atoms with Gasteiger partial charge in [0.25, 0.3) is 0 Å². The molecule has 0 aromatic heterocycles. The van der Waals surface area contributed by atoms with Gasteiger partial charge in [-0.1, -0.05) is 29.8 Å². The molecule has 1 aliphatic heterocycles. The van der Waals surface area contributed by atoms with Gasteiger partial charge >= 0.3 is 0 Å². The second kappa shape index (κ2) is 4.95. The maximum atomic E-state index is 9.53. The zero-order chi connectivity index (χ0) is 11.4. The van der Waals surface area contributed by atoms with Crippen LogP contribution in [0.1, 0.15) is 11.1 Å². The third-order valence-corrected chi connectivity index (χ3v) is 3.05. The highest BCUT2D eigenvalue weighted by molar-refractivity contribution is 5.24. The predicted octanol–water partition coefficient (Wildman–Crippen LogP) is 0.888. The zero-order valence-electron chi connectivity index (χ0n) is 9.70. The Morgan fingerprint density at radius 2 is 2.38 bits per heavy atom. The fourth-order valence-corrected chi connectivity index (χ4v) is 2.19. The molecule has 1 unspecified atom stereocenters. The number of nitrogens with one attached hydrogen (secondary N) is 1. The molecular weight excluding hydrogens is 202 g/mol. The fraction of sp³-hybridized carbons (Fsp3) is 0.538. The van der Waals surface area contributed by atoms with Crippen LogP contribution in [0.3, 0.4) is 0 Å². The summed E-state index contributed by atoms with van der Waals surface area (Å²) < 4.78 is 5.46. The molecule has 1 saturated heterocycles. The van der Waals surface area contributed by atoms with Crippen molar-refractivity contribution in [1.82, 2.24) is 5.32 Å². The third kappa shape index (κ3) is 2.61. The van der Waals surface area contributed by atoms with Crippen molar-refractivity contribution in [3.63, 3.8) is 0 Å². The van der Waals surface area contributed by atoms with E-state index in [1.807, 2.05) is 0 Å². The summed E-state index contributed by atoms with van der Waals surface area (Å²) in [6, 6.07) is 8.40. The molecule has 2 rings (SSSR count).